The van der Waals surface area contributed by atoms with Crippen LogP contribution in [-0.2, 0) is 15.8 Å². The van der Waals surface area contributed by atoms with Crippen molar-refractivity contribution in [3.05, 3.63) is 35.4 Å². The van der Waals surface area contributed by atoms with Crippen molar-refractivity contribution in [2.75, 3.05) is 6.54 Å². The largest absolute Gasteiger partial charge is 0.393 e. The Hall–Kier alpha value is -1.05. The van der Waals surface area contributed by atoms with Gasteiger partial charge in [0.1, 0.15) is 11.6 Å². The lowest BCUT2D eigenvalue weighted by molar-refractivity contribution is 0.165. The molecule has 0 aliphatic heterocycles. The van der Waals surface area contributed by atoms with Crippen LogP contribution in [0, 0.1) is 17.6 Å². The van der Waals surface area contributed by atoms with Crippen LogP contribution in [0.15, 0.2) is 18.2 Å². The lowest BCUT2D eigenvalue weighted by Gasteiger charge is -2.14. The Morgan fingerprint density at radius 2 is 1.80 bits per heavy atom. The van der Waals surface area contributed by atoms with Gasteiger partial charge in [-0.2, -0.15) is 0 Å². The van der Waals surface area contributed by atoms with Gasteiger partial charge in [-0.25, -0.2) is 21.9 Å². The van der Waals surface area contributed by atoms with Gasteiger partial charge in [0.25, 0.3) is 0 Å². The number of hydrogen-bond acceptors (Lipinski definition) is 3. The second kappa shape index (κ2) is 7.10. The molecule has 0 aliphatic rings. The molecule has 4 nitrogen and oxygen atoms in total. The second-order valence-corrected chi connectivity index (χ2v) is 6.80. The van der Waals surface area contributed by atoms with E-state index in [4.69, 9.17) is 0 Å². The highest BCUT2D eigenvalue weighted by molar-refractivity contribution is 7.88. The molecule has 0 amide bonds. The number of aliphatic hydroxyl groups is 1. The van der Waals surface area contributed by atoms with Crippen LogP contribution < -0.4 is 4.72 Å². The van der Waals surface area contributed by atoms with E-state index in [0.29, 0.717) is 6.42 Å². The minimum atomic E-state index is -3.82. The van der Waals surface area contributed by atoms with Crippen LogP contribution in [0.25, 0.3) is 0 Å². The van der Waals surface area contributed by atoms with Crippen LogP contribution in [-0.4, -0.2) is 26.2 Å². The Bertz CT molecular complexity index is 526. The predicted molar refractivity (Wildman–Crippen MR) is 72.4 cm³/mol. The molecule has 20 heavy (non-hydrogen) atoms. The monoisotopic (exact) mass is 307 g/mol. The van der Waals surface area contributed by atoms with Crippen molar-refractivity contribution in [1.82, 2.24) is 4.72 Å². The minimum absolute atomic E-state index is 0.0738. The maximum absolute atomic E-state index is 13.4. The van der Waals surface area contributed by atoms with E-state index in [1.807, 2.05) is 0 Å². The van der Waals surface area contributed by atoms with Crippen molar-refractivity contribution in [3.8, 4) is 0 Å². The fraction of sp³-hybridized carbons (Fsp3) is 0.538. The van der Waals surface area contributed by atoms with Gasteiger partial charge in [-0.05, 0) is 31.4 Å². The molecule has 0 heterocycles. The Morgan fingerprint density at radius 3 is 2.30 bits per heavy atom. The van der Waals surface area contributed by atoms with E-state index in [1.165, 1.54) is 6.07 Å². The first-order valence-corrected chi connectivity index (χ1v) is 7.95. The van der Waals surface area contributed by atoms with E-state index in [-0.39, 0.29) is 12.5 Å². The summed E-state index contributed by atoms with van der Waals surface area (Å²) in [6.07, 6.45) is -0.0881. The van der Waals surface area contributed by atoms with Crippen LogP contribution in [0.2, 0.25) is 0 Å². The Balaban J connectivity index is 2.67. The van der Waals surface area contributed by atoms with E-state index in [0.717, 1.165) is 12.1 Å². The first-order valence-electron chi connectivity index (χ1n) is 6.29. The molecule has 0 saturated carbocycles. The summed E-state index contributed by atoms with van der Waals surface area (Å²) in [7, 11) is -3.82. The van der Waals surface area contributed by atoms with Crippen molar-refractivity contribution in [2.24, 2.45) is 5.92 Å². The Morgan fingerprint density at radius 1 is 1.25 bits per heavy atom. The molecule has 0 saturated heterocycles. The van der Waals surface area contributed by atoms with Crippen LogP contribution >= 0.6 is 0 Å². The summed E-state index contributed by atoms with van der Waals surface area (Å²) in [4.78, 5) is 0. The molecule has 1 aromatic rings. The third-order valence-electron chi connectivity index (χ3n) is 2.79. The van der Waals surface area contributed by atoms with Crippen molar-refractivity contribution < 1.29 is 22.3 Å². The van der Waals surface area contributed by atoms with Crippen LogP contribution in [0.5, 0.6) is 0 Å². The normalized spacial score (nSPS) is 15.1. The molecule has 1 aromatic carbocycles. The van der Waals surface area contributed by atoms with Gasteiger partial charge in [0.2, 0.25) is 10.0 Å². The molecule has 2 N–H and O–H groups in total. The summed E-state index contributed by atoms with van der Waals surface area (Å²) >= 11 is 0. The zero-order valence-electron chi connectivity index (χ0n) is 11.4. The van der Waals surface area contributed by atoms with Crippen molar-refractivity contribution >= 4 is 10.0 Å². The van der Waals surface area contributed by atoms with E-state index in [1.54, 1.807) is 13.8 Å². The molecule has 0 fully saturated rings. The number of sulfonamides is 1. The van der Waals surface area contributed by atoms with Gasteiger partial charge < -0.3 is 5.11 Å². The Kier molecular flexibility index (Phi) is 6.04. The van der Waals surface area contributed by atoms with Crippen LogP contribution in [0.1, 0.15) is 25.8 Å². The van der Waals surface area contributed by atoms with Gasteiger partial charge in [-0.15, -0.1) is 0 Å². The van der Waals surface area contributed by atoms with Crippen LogP contribution in [0.4, 0.5) is 8.78 Å². The number of halogens is 2. The number of hydrogen-bond donors (Lipinski definition) is 2. The fourth-order valence-electron chi connectivity index (χ4n) is 1.85. The van der Waals surface area contributed by atoms with Crippen molar-refractivity contribution in [1.29, 1.82) is 0 Å². The average molecular weight is 307 g/mol. The lowest BCUT2D eigenvalue weighted by Crippen LogP contribution is -2.31. The van der Waals surface area contributed by atoms with Gasteiger partial charge in [0, 0.05) is 12.1 Å². The van der Waals surface area contributed by atoms with Gasteiger partial charge in [0.15, 0.2) is 0 Å². The maximum Gasteiger partial charge on any atom is 0.216 e. The third kappa shape index (κ3) is 5.52. The summed E-state index contributed by atoms with van der Waals surface area (Å²) < 4.78 is 52.6. The predicted octanol–water partition coefficient (Wildman–Crippen LogP) is 1.79. The van der Waals surface area contributed by atoms with Crippen molar-refractivity contribution in [2.45, 2.75) is 32.1 Å². The third-order valence-corrected chi connectivity index (χ3v) is 4.07. The molecule has 0 aliphatic carbocycles. The van der Waals surface area contributed by atoms with E-state index in [9.17, 15) is 22.3 Å². The first kappa shape index (κ1) is 17.0. The zero-order chi connectivity index (χ0) is 15.3. The molecule has 114 valence electrons. The molecule has 0 bridgehead atoms. The SMILES string of the molecule is CC(O)CC(C)CNS(=O)(=O)Cc1c(F)cccc1F. The molecule has 1 rings (SSSR count). The maximum atomic E-state index is 13.4. The molecular weight excluding hydrogens is 288 g/mol. The average Bonchev–Trinajstić information content (AvgIpc) is 2.31. The Labute approximate surface area is 117 Å². The quantitative estimate of drug-likeness (QED) is 0.807. The minimum Gasteiger partial charge on any atom is -0.393 e. The fourth-order valence-corrected chi connectivity index (χ4v) is 3.14. The van der Waals surface area contributed by atoms with E-state index < -0.39 is 39.1 Å². The van der Waals surface area contributed by atoms with Crippen LogP contribution in [0.3, 0.4) is 0 Å². The summed E-state index contributed by atoms with van der Waals surface area (Å²) in [5.74, 6) is -2.58. The molecule has 0 spiro atoms. The highest BCUT2D eigenvalue weighted by Crippen LogP contribution is 2.15. The molecule has 0 aromatic heterocycles. The first-order chi connectivity index (χ1) is 9.21. The van der Waals surface area contributed by atoms with E-state index >= 15 is 0 Å². The van der Waals surface area contributed by atoms with Gasteiger partial charge in [0.05, 0.1) is 11.9 Å². The second-order valence-electron chi connectivity index (χ2n) is 5.00. The van der Waals surface area contributed by atoms with E-state index in [2.05, 4.69) is 4.72 Å². The number of aliphatic hydroxyl groups excluding tert-OH is 1. The summed E-state index contributed by atoms with van der Waals surface area (Å²) in [6.45, 7) is 3.50. The zero-order valence-corrected chi connectivity index (χ0v) is 12.3. The summed E-state index contributed by atoms with van der Waals surface area (Å²) in [5.41, 5.74) is -0.469. The highest BCUT2D eigenvalue weighted by atomic mass is 32.2. The topological polar surface area (TPSA) is 66.4 Å². The number of benzene rings is 1. The molecule has 7 heteroatoms. The van der Waals surface area contributed by atoms with Crippen molar-refractivity contribution in [3.63, 3.8) is 0 Å². The summed E-state index contributed by atoms with van der Waals surface area (Å²) in [6, 6.07) is 3.22. The standard InChI is InChI=1S/C13H19F2NO3S/c1-9(6-10(2)17)7-16-20(18,19)8-11-12(14)4-3-5-13(11)15/h3-5,9-10,16-17H,6-8H2,1-2H3. The smallest absolute Gasteiger partial charge is 0.216 e. The molecular formula is C13H19F2NO3S. The highest BCUT2D eigenvalue weighted by Gasteiger charge is 2.19. The molecule has 2 unspecified atom stereocenters. The van der Waals surface area contributed by atoms with Gasteiger partial charge in [-0.3, -0.25) is 0 Å². The van der Waals surface area contributed by atoms with Gasteiger partial charge in [-0.1, -0.05) is 13.0 Å². The number of rotatable bonds is 7. The lowest BCUT2D eigenvalue weighted by atomic mass is 10.1. The molecule has 2 atom stereocenters. The van der Waals surface area contributed by atoms with Gasteiger partial charge >= 0.3 is 0 Å². The molecule has 0 radical (unpaired) electrons. The number of nitrogens with one attached hydrogen (secondary N) is 1. The summed E-state index contributed by atoms with van der Waals surface area (Å²) in [5, 5.41) is 9.18.